The zero-order valence-corrected chi connectivity index (χ0v) is 9.26. The van der Waals surface area contributed by atoms with E-state index in [0.29, 0.717) is 23.7 Å². The molecular formula is C12H18O4. The molecule has 4 atom stereocenters. The number of aliphatic carboxylic acids is 2. The minimum Gasteiger partial charge on any atom is -0.481 e. The zero-order chi connectivity index (χ0) is 11.7. The molecule has 4 heteroatoms. The third-order valence-corrected chi connectivity index (χ3v) is 4.38. The van der Waals surface area contributed by atoms with E-state index in [1.54, 1.807) is 0 Å². The van der Waals surface area contributed by atoms with E-state index < -0.39 is 11.9 Å². The van der Waals surface area contributed by atoms with Crippen LogP contribution in [0.3, 0.4) is 0 Å². The third-order valence-electron chi connectivity index (χ3n) is 4.38. The molecule has 0 amide bonds. The number of carboxylic acids is 2. The first kappa shape index (κ1) is 11.4. The van der Waals surface area contributed by atoms with Crippen LogP contribution in [0.5, 0.6) is 0 Å². The summed E-state index contributed by atoms with van der Waals surface area (Å²) < 4.78 is 0. The first-order chi connectivity index (χ1) is 7.58. The molecule has 2 rings (SSSR count). The van der Waals surface area contributed by atoms with Crippen LogP contribution in [0.25, 0.3) is 0 Å². The fourth-order valence-electron chi connectivity index (χ4n) is 3.80. The summed E-state index contributed by atoms with van der Waals surface area (Å²) in [4.78, 5) is 21.4. The molecule has 4 unspecified atom stereocenters. The van der Waals surface area contributed by atoms with E-state index in [1.165, 1.54) is 0 Å². The van der Waals surface area contributed by atoms with Crippen LogP contribution in [0.15, 0.2) is 0 Å². The minimum absolute atomic E-state index is 0.265. The molecule has 0 spiro atoms. The highest BCUT2D eigenvalue weighted by Crippen LogP contribution is 2.52. The molecule has 2 aliphatic carbocycles. The molecule has 2 aliphatic rings. The van der Waals surface area contributed by atoms with Gasteiger partial charge in [0.25, 0.3) is 0 Å². The van der Waals surface area contributed by atoms with Crippen LogP contribution in [0.2, 0.25) is 0 Å². The van der Waals surface area contributed by atoms with Crippen molar-refractivity contribution in [2.24, 2.45) is 23.7 Å². The van der Waals surface area contributed by atoms with Gasteiger partial charge in [-0.25, -0.2) is 0 Å². The van der Waals surface area contributed by atoms with Crippen molar-refractivity contribution in [3.8, 4) is 0 Å². The summed E-state index contributed by atoms with van der Waals surface area (Å²) in [6.07, 6.45) is 4.53. The molecule has 0 radical (unpaired) electrons. The Morgan fingerprint density at radius 1 is 0.812 bits per heavy atom. The lowest BCUT2D eigenvalue weighted by molar-refractivity contribution is -0.139. The lowest BCUT2D eigenvalue weighted by Gasteiger charge is -2.18. The fourth-order valence-corrected chi connectivity index (χ4v) is 3.80. The van der Waals surface area contributed by atoms with Crippen LogP contribution in [0, 0.1) is 23.7 Å². The highest BCUT2D eigenvalue weighted by atomic mass is 16.4. The van der Waals surface area contributed by atoms with Crippen molar-refractivity contribution in [1.29, 1.82) is 0 Å². The summed E-state index contributed by atoms with van der Waals surface area (Å²) in [5.74, 6) is 0.100. The quantitative estimate of drug-likeness (QED) is 0.768. The van der Waals surface area contributed by atoms with Crippen molar-refractivity contribution in [2.45, 2.75) is 38.5 Å². The van der Waals surface area contributed by atoms with Gasteiger partial charge in [0.05, 0.1) is 0 Å². The SMILES string of the molecule is O=C(O)CC1CCC2C(CC(=O)O)CCC12. The molecular weight excluding hydrogens is 208 g/mol. The third kappa shape index (κ3) is 2.20. The van der Waals surface area contributed by atoms with Gasteiger partial charge in [-0.2, -0.15) is 0 Å². The number of hydrogen-bond acceptors (Lipinski definition) is 2. The summed E-state index contributed by atoms with van der Waals surface area (Å²) >= 11 is 0. The molecule has 0 aromatic carbocycles. The van der Waals surface area contributed by atoms with E-state index in [1.807, 2.05) is 0 Å². The molecule has 0 bridgehead atoms. The van der Waals surface area contributed by atoms with E-state index in [9.17, 15) is 9.59 Å². The Kier molecular flexibility index (Phi) is 3.17. The van der Waals surface area contributed by atoms with E-state index in [0.717, 1.165) is 25.7 Å². The van der Waals surface area contributed by atoms with Crippen LogP contribution in [-0.2, 0) is 9.59 Å². The van der Waals surface area contributed by atoms with E-state index in [4.69, 9.17) is 10.2 Å². The van der Waals surface area contributed by atoms with Crippen LogP contribution < -0.4 is 0 Å². The van der Waals surface area contributed by atoms with E-state index >= 15 is 0 Å². The molecule has 90 valence electrons. The predicted molar refractivity (Wildman–Crippen MR) is 56.9 cm³/mol. The Labute approximate surface area is 94.7 Å². The molecule has 0 aliphatic heterocycles. The van der Waals surface area contributed by atoms with Gasteiger partial charge in [-0.3, -0.25) is 9.59 Å². The fraction of sp³-hybridized carbons (Fsp3) is 0.833. The van der Waals surface area contributed by atoms with Crippen molar-refractivity contribution < 1.29 is 19.8 Å². The summed E-state index contributed by atoms with van der Waals surface area (Å²) in [6.45, 7) is 0. The van der Waals surface area contributed by atoms with Crippen molar-refractivity contribution in [3.05, 3.63) is 0 Å². The number of fused-ring (bicyclic) bond motifs is 1. The Morgan fingerprint density at radius 2 is 1.19 bits per heavy atom. The van der Waals surface area contributed by atoms with Gasteiger partial charge in [0.15, 0.2) is 0 Å². The Hall–Kier alpha value is -1.06. The molecule has 2 fully saturated rings. The number of carbonyl (C=O) groups is 2. The van der Waals surface area contributed by atoms with E-state index in [-0.39, 0.29) is 12.8 Å². The minimum atomic E-state index is -0.715. The predicted octanol–water partition coefficient (Wildman–Crippen LogP) is 1.99. The van der Waals surface area contributed by atoms with Crippen LogP contribution >= 0.6 is 0 Å². The van der Waals surface area contributed by atoms with Gasteiger partial charge in [-0.15, -0.1) is 0 Å². The van der Waals surface area contributed by atoms with Gasteiger partial charge in [-0.1, -0.05) is 0 Å². The number of hydrogen-bond donors (Lipinski definition) is 2. The second-order valence-corrected chi connectivity index (χ2v) is 5.20. The lowest BCUT2D eigenvalue weighted by atomic mass is 9.86. The average molecular weight is 226 g/mol. The maximum Gasteiger partial charge on any atom is 0.303 e. The van der Waals surface area contributed by atoms with Crippen molar-refractivity contribution in [3.63, 3.8) is 0 Å². The zero-order valence-electron chi connectivity index (χ0n) is 9.26. The molecule has 2 N–H and O–H groups in total. The summed E-state index contributed by atoms with van der Waals surface area (Å²) in [7, 11) is 0. The van der Waals surface area contributed by atoms with Crippen LogP contribution in [-0.4, -0.2) is 22.2 Å². The molecule has 0 heterocycles. The monoisotopic (exact) mass is 226 g/mol. The maximum atomic E-state index is 10.7. The topological polar surface area (TPSA) is 74.6 Å². The second-order valence-electron chi connectivity index (χ2n) is 5.20. The average Bonchev–Trinajstić information content (AvgIpc) is 2.70. The van der Waals surface area contributed by atoms with Gasteiger partial charge in [0.1, 0.15) is 0 Å². The molecule has 0 aromatic heterocycles. The number of carboxylic acid groups (broad SMARTS) is 2. The summed E-state index contributed by atoms with van der Waals surface area (Å²) in [5, 5.41) is 17.6. The van der Waals surface area contributed by atoms with Crippen molar-refractivity contribution >= 4 is 11.9 Å². The van der Waals surface area contributed by atoms with Crippen LogP contribution in [0.4, 0.5) is 0 Å². The van der Waals surface area contributed by atoms with Crippen molar-refractivity contribution in [2.75, 3.05) is 0 Å². The highest BCUT2D eigenvalue weighted by Gasteiger charge is 2.45. The normalized spacial score (nSPS) is 37.2. The Morgan fingerprint density at radius 3 is 1.50 bits per heavy atom. The summed E-state index contributed by atoms with van der Waals surface area (Å²) in [6, 6.07) is 0. The molecule has 2 saturated carbocycles. The van der Waals surface area contributed by atoms with Crippen LogP contribution in [0.1, 0.15) is 38.5 Å². The molecule has 4 nitrogen and oxygen atoms in total. The largest absolute Gasteiger partial charge is 0.481 e. The summed E-state index contributed by atoms with van der Waals surface area (Å²) in [5.41, 5.74) is 0. The highest BCUT2D eigenvalue weighted by molar-refractivity contribution is 5.67. The molecule has 16 heavy (non-hydrogen) atoms. The first-order valence-corrected chi connectivity index (χ1v) is 6.01. The number of rotatable bonds is 4. The standard InChI is InChI=1S/C12H18O4/c13-11(14)5-7-1-3-9-8(6-12(15)16)2-4-10(7)9/h7-10H,1-6H2,(H,13,14)(H,15,16). The molecule has 0 saturated heterocycles. The Bertz CT molecular complexity index is 269. The van der Waals surface area contributed by atoms with Gasteiger partial charge in [0.2, 0.25) is 0 Å². The smallest absolute Gasteiger partial charge is 0.303 e. The van der Waals surface area contributed by atoms with Gasteiger partial charge in [0, 0.05) is 12.8 Å². The van der Waals surface area contributed by atoms with Gasteiger partial charge >= 0.3 is 11.9 Å². The maximum absolute atomic E-state index is 10.7. The van der Waals surface area contributed by atoms with Gasteiger partial charge in [-0.05, 0) is 49.4 Å². The molecule has 0 aromatic rings. The van der Waals surface area contributed by atoms with Gasteiger partial charge < -0.3 is 10.2 Å². The van der Waals surface area contributed by atoms with E-state index in [2.05, 4.69) is 0 Å². The first-order valence-electron chi connectivity index (χ1n) is 6.01. The van der Waals surface area contributed by atoms with Crippen molar-refractivity contribution in [1.82, 2.24) is 0 Å². The second kappa shape index (κ2) is 4.44. The Balaban J connectivity index is 1.95. The lowest BCUT2D eigenvalue weighted by Crippen LogP contribution is -2.17.